The molecule has 37 heavy (non-hydrogen) atoms. The van der Waals surface area contributed by atoms with Gasteiger partial charge in [-0.2, -0.15) is 0 Å². The van der Waals surface area contributed by atoms with Crippen molar-refractivity contribution in [2.24, 2.45) is 7.05 Å². The van der Waals surface area contributed by atoms with E-state index < -0.39 is 5.97 Å². The molecular weight excluding hydrogens is 513 g/mol. The molecule has 2 aliphatic rings. The highest BCUT2D eigenvalue weighted by atomic mass is 35.5. The number of halogens is 2. The number of ether oxygens (including phenoxy) is 1. The Morgan fingerprint density at radius 1 is 1.11 bits per heavy atom. The lowest BCUT2D eigenvalue weighted by Crippen LogP contribution is -2.37. The van der Waals surface area contributed by atoms with E-state index in [1.165, 1.54) is 0 Å². The smallest absolute Gasteiger partial charge is 0.352 e. The van der Waals surface area contributed by atoms with E-state index in [1.54, 1.807) is 17.7 Å². The molecule has 6 rings (SSSR count). The zero-order valence-electron chi connectivity index (χ0n) is 20.4. The van der Waals surface area contributed by atoms with E-state index in [0.29, 0.717) is 33.8 Å². The van der Waals surface area contributed by atoms with Crippen molar-refractivity contribution in [1.82, 2.24) is 9.72 Å². The van der Waals surface area contributed by atoms with Crippen LogP contribution >= 0.6 is 23.2 Å². The lowest BCUT2D eigenvalue weighted by molar-refractivity contribution is 0.0246. The summed E-state index contributed by atoms with van der Waals surface area (Å²) >= 11 is 13.0. The van der Waals surface area contributed by atoms with Gasteiger partial charge in [-0.25, -0.2) is 4.79 Å². The average molecular weight is 540 g/mol. The lowest BCUT2D eigenvalue weighted by Gasteiger charge is -2.33. The van der Waals surface area contributed by atoms with Gasteiger partial charge in [0.05, 0.1) is 22.8 Å². The maximum atomic E-state index is 11.5. The second-order valence-corrected chi connectivity index (χ2v) is 10.7. The first-order chi connectivity index (χ1) is 17.9. The van der Waals surface area contributed by atoms with E-state index in [2.05, 4.69) is 22.2 Å². The molecule has 1 aliphatic carbocycles. The monoisotopic (exact) mass is 539 g/mol. The van der Waals surface area contributed by atoms with Gasteiger partial charge in [0.1, 0.15) is 17.1 Å². The summed E-state index contributed by atoms with van der Waals surface area (Å²) in [6, 6.07) is 13.3. The van der Waals surface area contributed by atoms with Crippen molar-refractivity contribution >= 4 is 45.8 Å². The summed E-state index contributed by atoms with van der Waals surface area (Å²) < 4.78 is 13.9. The summed E-state index contributed by atoms with van der Waals surface area (Å²) in [7, 11) is 1.78. The first-order valence-corrected chi connectivity index (χ1v) is 13.3. The zero-order valence-corrected chi connectivity index (χ0v) is 21.9. The first-order valence-electron chi connectivity index (χ1n) is 12.5. The highest BCUT2D eigenvalue weighted by molar-refractivity contribution is 6.39. The largest absolute Gasteiger partial charge is 0.477 e. The summed E-state index contributed by atoms with van der Waals surface area (Å²) in [5, 5.41) is 15.8. The Morgan fingerprint density at radius 3 is 2.51 bits per heavy atom. The van der Waals surface area contributed by atoms with Crippen molar-refractivity contribution in [1.29, 1.82) is 0 Å². The van der Waals surface area contributed by atoms with Gasteiger partial charge in [-0.3, -0.25) is 0 Å². The molecule has 1 aliphatic heterocycles. The Bertz CT molecular complexity index is 1460. The van der Waals surface area contributed by atoms with Gasteiger partial charge >= 0.3 is 5.97 Å². The number of hydrogen-bond donors (Lipinski definition) is 1. The number of hydrogen-bond acceptors (Lipinski definition) is 5. The minimum Gasteiger partial charge on any atom is -0.477 e. The van der Waals surface area contributed by atoms with E-state index in [0.717, 1.165) is 66.7 Å². The number of aromatic carboxylic acids is 1. The van der Waals surface area contributed by atoms with Gasteiger partial charge in [0.2, 0.25) is 0 Å². The fourth-order valence-electron chi connectivity index (χ4n) is 5.27. The van der Waals surface area contributed by atoms with E-state index in [4.69, 9.17) is 32.5 Å². The normalized spacial score (nSPS) is 16.6. The Hall–Kier alpha value is -3.00. The number of rotatable bonds is 7. The van der Waals surface area contributed by atoms with E-state index in [-0.39, 0.29) is 11.8 Å². The van der Waals surface area contributed by atoms with Crippen molar-refractivity contribution in [3.05, 3.63) is 69.5 Å². The lowest BCUT2D eigenvalue weighted by atomic mass is 10.0. The Kier molecular flexibility index (Phi) is 6.39. The van der Waals surface area contributed by atoms with Crippen LogP contribution in [-0.4, -0.2) is 40.0 Å². The van der Waals surface area contributed by atoms with Gasteiger partial charge in [0.25, 0.3) is 0 Å². The van der Waals surface area contributed by atoms with Crippen molar-refractivity contribution < 1.29 is 19.2 Å². The van der Waals surface area contributed by atoms with Crippen LogP contribution in [0.15, 0.2) is 47.0 Å². The van der Waals surface area contributed by atoms with E-state index in [9.17, 15) is 9.90 Å². The topological polar surface area (TPSA) is 80.7 Å². The van der Waals surface area contributed by atoms with Crippen LogP contribution in [0.3, 0.4) is 0 Å². The highest BCUT2D eigenvalue weighted by Gasteiger charge is 2.34. The maximum absolute atomic E-state index is 11.5. The standard InChI is InChI=1S/C28H27Cl2N3O4/c1-32-23-8-7-18(13-17(23)14-24(32)28(34)35)33-11-9-19(10-12-33)36-15-20-26(31-37-27(20)16-5-6-16)25-21(29)3-2-4-22(25)30/h2-4,7-8,13-14,16,19H,5-6,9-12,15H2,1H3,(H,34,35). The van der Waals surface area contributed by atoms with Crippen LogP contribution in [0.4, 0.5) is 5.69 Å². The number of benzene rings is 2. The summed E-state index contributed by atoms with van der Waals surface area (Å²) in [5.41, 5.74) is 4.61. The second-order valence-electron chi connectivity index (χ2n) is 9.88. The first kappa shape index (κ1) is 24.3. The molecule has 0 bridgehead atoms. The third-order valence-electron chi connectivity index (χ3n) is 7.48. The predicted octanol–water partition coefficient (Wildman–Crippen LogP) is 6.90. The van der Waals surface area contributed by atoms with Crippen molar-refractivity contribution in [3.8, 4) is 11.3 Å². The average Bonchev–Trinajstić information content (AvgIpc) is 3.57. The Morgan fingerprint density at radius 2 is 1.84 bits per heavy atom. The van der Waals surface area contributed by atoms with E-state index >= 15 is 0 Å². The van der Waals surface area contributed by atoms with Crippen LogP contribution in [-0.2, 0) is 18.4 Å². The minimum atomic E-state index is -0.921. The molecule has 0 unspecified atom stereocenters. The molecular formula is C28H27Cl2N3O4. The van der Waals surface area contributed by atoms with Crippen LogP contribution in [0.5, 0.6) is 0 Å². The molecule has 0 amide bonds. The number of carbonyl (C=O) groups is 1. The number of nitrogens with zero attached hydrogens (tertiary/aromatic N) is 3. The minimum absolute atomic E-state index is 0.117. The molecule has 2 aromatic carbocycles. The number of anilines is 1. The summed E-state index contributed by atoms with van der Waals surface area (Å²) in [6.45, 7) is 2.12. The summed E-state index contributed by atoms with van der Waals surface area (Å²) in [4.78, 5) is 13.8. The molecule has 1 N–H and O–H groups in total. The van der Waals surface area contributed by atoms with Crippen LogP contribution in [0.2, 0.25) is 10.0 Å². The SMILES string of the molecule is Cn1c(C(=O)O)cc2cc(N3CCC(OCc4c(-c5c(Cl)cccc5Cl)noc4C4CC4)CC3)ccc21. The predicted molar refractivity (Wildman–Crippen MR) is 144 cm³/mol. The van der Waals surface area contributed by atoms with Gasteiger partial charge in [-0.15, -0.1) is 0 Å². The van der Waals surface area contributed by atoms with Gasteiger partial charge in [-0.05, 0) is 62.1 Å². The quantitative estimate of drug-likeness (QED) is 0.275. The molecule has 0 spiro atoms. The molecule has 2 aromatic heterocycles. The molecule has 3 heterocycles. The van der Waals surface area contributed by atoms with Crippen LogP contribution in [0, 0.1) is 0 Å². The molecule has 0 atom stereocenters. The summed E-state index contributed by atoms with van der Waals surface area (Å²) in [6.07, 6.45) is 4.08. The number of aryl methyl sites for hydroxylation is 1. The van der Waals surface area contributed by atoms with Gasteiger partial charge in [0, 0.05) is 53.8 Å². The Labute approximate surface area is 224 Å². The number of fused-ring (bicyclic) bond motifs is 1. The molecule has 1 saturated carbocycles. The van der Waals surface area contributed by atoms with Gasteiger partial charge < -0.3 is 23.8 Å². The second kappa shape index (κ2) is 9.71. The van der Waals surface area contributed by atoms with Crippen LogP contribution < -0.4 is 4.90 Å². The fraction of sp³-hybridized carbons (Fsp3) is 0.357. The number of carboxylic acids is 1. The molecule has 7 nitrogen and oxygen atoms in total. The molecule has 192 valence electrons. The van der Waals surface area contributed by atoms with E-state index in [1.807, 2.05) is 24.3 Å². The Balaban J connectivity index is 1.15. The molecule has 9 heteroatoms. The number of aromatic nitrogens is 2. The number of carboxylic acid groups (broad SMARTS) is 1. The van der Waals surface area contributed by atoms with Crippen LogP contribution in [0.1, 0.15) is 53.4 Å². The van der Waals surface area contributed by atoms with Crippen molar-refractivity contribution in [2.75, 3.05) is 18.0 Å². The molecule has 0 radical (unpaired) electrons. The van der Waals surface area contributed by atoms with Gasteiger partial charge in [-0.1, -0.05) is 34.4 Å². The van der Waals surface area contributed by atoms with Crippen molar-refractivity contribution in [3.63, 3.8) is 0 Å². The number of piperidine rings is 1. The molecule has 4 aromatic rings. The van der Waals surface area contributed by atoms with Crippen LogP contribution in [0.25, 0.3) is 22.2 Å². The summed E-state index contributed by atoms with van der Waals surface area (Å²) in [5.74, 6) is 0.355. The fourth-order valence-corrected chi connectivity index (χ4v) is 5.85. The third-order valence-corrected chi connectivity index (χ3v) is 8.11. The van der Waals surface area contributed by atoms with Gasteiger partial charge in [0.15, 0.2) is 0 Å². The van der Waals surface area contributed by atoms with Crippen molar-refractivity contribution in [2.45, 2.75) is 44.3 Å². The zero-order chi connectivity index (χ0) is 25.7. The molecule has 2 fully saturated rings. The molecule has 1 saturated heterocycles. The maximum Gasteiger partial charge on any atom is 0.352 e. The highest BCUT2D eigenvalue weighted by Crippen LogP contribution is 2.46. The third kappa shape index (κ3) is 4.60.